The van der Waals surface area contributed by atoms with Crippen molar-refractivity contribution in [1.29, 1.82) is 0 Å². The number of nitrogens with zero attached hydrogens (tertiary/aromatic N) is 2. The zero-order valence-corrected chi connectivity index (χ0v) is 12.0. The van der Waals surface area contributed by atoms with Gasteiger partial charge < -0.3 is 9.84 Å². The van der Waals surface area contributed by atoms with Crippen molar-refractivity contribution in [2.24, 2.45) is 0 Å². The summed E-state index contributed by atoms with van der Waals surface area (Å²) in [5.74, 6) is -0.793. The molecule has 0 saturated carbocycles. The number of carboxylic acids is 1. The minimum Gasteiger partial charge on any atom is -0.481 e. The van der Waals surface area contributed by atoms with E-state index in [0.29, 0.717) is 6.61 Å². The van der Waals surface area contributed by atoms with Crippen molar-refractivity contribution >= 4 is 17.3 Å². The Labute approximate surface area is 117 Å². The minimum absolute atomic E-state index is 0.0975. The molecular weight excluding hydrogens is 264 g/mol. The monoisotopic (exact) mass is 284 g/mol. The van der Waals surface area contributed by atoms with Crippen LogP contribution in [0.4, 0.5) is 0 Å². The summed E-state index contributed by atoms with van der Waals surface area (Å²) in [6.45, 7) is 5.37. The smallest absolute Gasteiger partial charge is 0.305 e. The summed E-state index contributed by atoms with van der Waals surface area (Å²) < 4.78 is 5.58. The van der Waals surface area contributed by atoms with Gasteiger partial charge in [-0.1, -0.05) is 0 Å². The maximum Gasteiger partial charge on any atom is 0.305 e. The van der Waals surface area contributed by atoms with Crippen LogP contribution in [-0.4, -0.2) is 46.8 Å². The van der Waals surface area contributed by atoms with Gasteiger partial charge in [0.15, 0.2) is 0 Å². The van der Waals surface area contributed by atoms with Crippen LogP contribution in [0.25, 0.3) is 0 Å². The number of aliphatic carboxylic acids is 1. The number of hydrogen-bond donors (Lipinski definition) is 1. The molecule has 1 aromatic rings. The van der Waals surface area contributed by atoms with Crippen LogP contribution in [0.5, 0.6) is 0 Å². The molecule has 0 aliphatic carbocycles. The normalized spacial score (nSPS) is 17.7. The molecule has 1 aliphatic heterocycles. The van der Waals surface area contributed by atoms with Crippen LogP contribution in [0.1, 0.15) is 29.8 Å². The van der Waals surface area contributed by atoms with Gasteiger partial charge in [-0.2, -0.15) is 0 Å². The Balaban J connectivity index is 1.68. The van der Waals surface area contributed by atoms with E-state index in [4.69, 9.17) is 9.84 Å². The van der Waals surface area contributed by atoms with Crippen LogP contribution < -0.4 is 0 Å². The molecule has 1 aliphatic rings. The SMILES string of the molecule is Cc1ncsc1CN1CCC(OCCC(=O)O)CC1. The Bertz CT molecular complexity index is 414. The lowest BCUT2D eigenvalue weighted by atomic mass is 10.1. The first-order valence-electron chi connectivity index (χ1n) is 6.60. The molecule has 1 N–H and O–H groups in total. The second kappa shape index (κ2) is 6.98. The first-order chi connectivity index (χ1) is 9.15. The Hall–Kier alpha value is -0.980. The number of ether oxygens (including phenoxy) is 1. The van der Waals surface area contributed by atoms with Crippen LogP contribution in [0.3, 0.4) is 0 Å². The van der Waals surface area contributed by atoms with Crippen molar-refractivity contribution in [2.75, 3.05) is 19.7 Å². The lowest BCUT2D eigenvalue weighted by molar-refractivity contribution is -0.138. The van der Waals surface area contributed by atoms with Crippen molar-refractivity contribution in [3.63, 3.8) is 0 Å². The van der Waals surface area contributed by atoms with Gasteiger partial charge >= 0.3 is 5.97 Å². The van der Waals surface area contributed by atoms with E-state index in [1.807, 2.05) is 12.4 Å². The molecule has 0 radical (unpaired) electrons. The Morgan fingerprint density at radius 1 is 1.58 bits per heavy atom. The second-order valence-corrected chi connectivity index (χ2v) is 5.79. The van der Waals surface area contributed by atoms with E-state index in [-0.39, 0.29) is 12.5 Å². The minimum atomic E-state index is -0.793. The third-order valence-electron chi connectivity index (χ3n) is 3.42. The summed E-state index contributed by atoms with van der Waals surface area (Å²) >= 11 is 1.71. The molecule has 0 atom stereocenters. The number of carboxylic acid groups (broad SMARTS) is 1. The van der Waals surface area contributed by atoms with Gasteiger partial charge in [-0.15, -0.1) is 11.3 Å². The van der Waals surface area contributed by atoms with E-state index in [9.17, 15) is 4.79 Å². The van der Waals surface area contributed by atoms with Gasteiger partial charge in [0.05, 0.1) is 30.3 Å². The molecule has 0 spiro atoms. The maximum absolute atomic E-state index is 10.4. The highest BCUT2D eigenvalue weighted by atomic mass is 32.1. The molecule has 0 bridgehead atoms. The molecule has 2 rings (SSSR count). The first kappa shape index (κ1) is 14.4. The summed E-state index contributed by atoms with van der Waals surface area (Å²) in [5.41, 5.74) is 3.02. The summed E-state index contributed by atoms with van der Waals surface area (Å²) in [5, 5.41) is 8.56. The van der Waals surface area contributed by atoms with Gasteiger partial charge in [-0.3, -0.25) is 9.69 Å². The average Bonchev–Trinajstić information content (AvgIpc) is 2.77. The maximum atomic E-state index is 10.4. The van der Waals surface area contributed by atoms with Crippen molar-refractivity contribution < 1.29 is 14.6 Å². The quantitative estimate of drug-likeness (QED) is 0.864. The van der Waals surface area contributed by atoms with E-state index in [1.165, 1.54) is 4.88 Å². The topological polar surface area (TPSA) is 62.7 Å². The third-order valence-corrected chi connectivity index (χ3v) is 4.34. The standard InChI is InChI=1S/C13H20N2O3S/c1-10-12(19-9-14-10)8-15-5-2-11(3-6-15)18-7-4-13(16)17/h9,11H,2-8H2,1H3,(H,16,17). The largest absolute Gasteiger partial charge is 0.481 e. The van der Waals surface area contributed by atoms with Gasteiger partial charge in [-0.25, -0.2) is 4.98 Å². The van der Waals surface area contributed by atoms with Crippen LogP contribution in [0.15, 0.2) is 5.51 Å². The van der Waals surface area contributed by atoms with Crippen molar-refractivity contribution in [3.8, 4) is 0 Å². The van der Waals surface area contributed by atoms with Gasteiger partial charge in [0, 0.05) is 24.5 Å². The van der Waals surface area contributed by atoms with Gasteiger partial charge in [0.1, 0.15) is 0 Å². The first-order valence-corrected chi connectivity index (χ1v) is 7.48. The molecule has 0 unspecified atom stereocenters. The Morgan fingerprint density at radius 2 is 2.32 bits per heavy atom. The van der Waals surface area contributed by atoms with Crippen molar-refractivity contribution in [2.45, 2.75) is 38.8 Å². The fourth-order valence-corrected chi connectivity index (χ4v) is 3.05. The molecule has 19 heavy (non-hydrogen) atoms. The number of aromatic nitrogens is 1. The molecule has 0 amide bonds. The molecule has 5 nitrogen and oxygen atoms in total. The number of likely N-dealkylation sites (tertiary alicyclic amines) is 1. The Morgan fingerprint density at radius 3 is 2.89 bits per heavy atom. The lowest BCUT2D eigenvalue weighted by Crippen LogP contribution is -2.36. The zero-order valence-electron chi connectivity index (χ0n) is 11.2. The second-order valence-electron chi connectivity index (χ2n) is 4.85. The summed E-state index contributed by atoms with van der Waals surface area (Å²) in [6, 6.07) is 0. The fraction of sp³-hybridized carbons (Fsp3) is 0.692. The highest BCUT2D eigenvalue weighted by molar-refractivity contribution is 7.09. The molecule has 6 heteroatoms. The molecule has 106 valence electrons. The van der Waals surface area contributed by atoms with E-state index in [0.717, 1.165) is 38.2 Å². The van der Waals surface area contributed by atoms with Crippen LogP contribution >= 0.6 is 11.3 Å². The number of rotatable bonds is 6. The van der Waals surface area contributed by atoms with E-state index >= 15 is 0 Å². The van der Waals surface area contributed by atoms with Gasteiger partial charge in [0.2, 0.25) is 0 Å². The average molecular weight is 284 g/mol. The highest BCUT2D eigenvalue weighted by Gasteiger charge is 2.20. The molecule has 1 fully saturated rings. The Kier molecular flexibility index (Phi) is 5.30. The molecule has 1 aromatic heterocycles. The number of hydrogen-bond acceptors (Lipinski definition) is 5. The van der Waals surface area contributed by atoms with Gasteiger partial charge in [-0.05, 0) is 19.8 Å². The molecular formula is C13H20N2O3S. The number of piperidine rings is 1. The number of thiazole rings is 1. The number of carbonyl (C=O) groups is 1. The third kappa shape index (κ3) is 4.56. The van der Waals surface area contributed by atoms with Crippen LogP contribution in [0.2, 0.25) is 0 Å². The van der Waals surface area contributed by atoms with Crippen molar-refractivity contribution in [3.05, 3.63) is 16.1 Å². The summed E-state index contributed by atoms with van der Waals surface area (Å²) in [6.07, 6.45) is 2.29. The molecule has 0 aromatic carbocycles. The van der Waals surface area contributed by atoms with E-state index in [2.05, 4.69) is 9.88 Å². The predicted octanol–water partition coefficient (Wildman–Crippen LogP) is 1.91. The molecule has 2 heterocycles. The van der Waals surface area contributed by atoms with Crippen molar-refractivity contribution in [1.82, 2.24) is 9.88 Å². The van der Waals surface area contributed by atoms with Gasteiger partial charge in [0.25, 0.3) is 0 Å². The van der Waals surface area contributed by atoms with Crippen LogP contribution in [0, 0.1) is 6.92 Å². The highest BCUT2D eigenvalue weighted by Crippen LogP contribution is 2.19. The zero-order chi connectivity index (χ0) is 13.7. The number of aryl methyl sites for hydroxylation is 1. The summed E-state index contributed by atoms with van der Waals surface area (Å²) in [7, 11) is 0. The molecule has 1 saturated heterocycles. The lowest BCUT2D eigenvalue weighted by Gasteiger charge is -2.31. The summed E-state index contributed by atoms with van der Waals surface area (Å²) in [4.78, 5) is 18.4. The fourth-order valence-electron chi connectivity index (χ4n) is 2.23. The predicted molar refractivity (Wildman–Crippen MR) is 73.4 cm³/mol. The van der Waals surface area contributed by atoms with E-state index < -0.39 is 5.97 Å². The van der Waals surface area contributed by atoms with Crippen LogP contribution in [-0.2, 0) is 16.1 Å². The van der Waals surface area contributed by atoms with E-state index in [1.54, 1.807) is 11.3 Å².